The molecule has 0 radical (unpaired) electrons. The molecule has 4 nitrogen and oxygen atoms in total. The third-order valence-corrected chi connectivity index (χ3v) is 4.20. The molecule has 0 saturated carbocycles. The minimum Gasteiger partial charge on any atom is -0.496 e. The monoisotopic (exact) mass is 261 g/mol. The number of nitrogens with one attached hydrogen (secondary N) is 1. The first-order valence-electron chi connectivity index (χ1n) is 6.74. The molecule has 3 N–H and O–H groups in total. The van der Waals surface area contributed by atoms with Crippen LogP contribution in [0.2, 0.25) is 0 Å². The van der Waals surface area contributed by atoms with Gasteiger partial charge in [0, 0.05) is 17.5 Å². The van der Waals surface area contributed by atoms with Crippen LogP contribution in [0.25, 0.3) is 0 Å². The average molecular weight is 261 g/mol. The maximum atomic E-state index is 7.68. The summed E-state index contributed by atoms with van der Waals surface area (Å²) in [6.45, 7) is 4.95. The van der Waals surface area contributed by atoms with E-state index in [1.54, 1.807) is 7.11 Å². The lowest BCUT2D eigenvalue weighted by Gasteiger charge is -2.38. The number of nitrogens with zero attached hydrogens (tertiary/aromatic N) is 1. The highest BCUT2D eigenvalue weighted by molar-refractivity contribution is 5.83. The number of hydrogen-bond donors (Lipinski definition) is 2. The normalized spacial score (nSPS) is 19.1. The maximum absolute atomic E-state index is 7.68. The molecule has 1 saturated heterocycles. The van der Waals surface area contributed by atoms with Crippen LogP contribution in [0.3, 0.4) is 0 Å². The van der Waals surface area contributed by atoms with Crippen LogP contribution in [0.15, 0.2) is 24.3 Å². The Hall–Kier alpha value is -1.55. The molecule has 0 unspecified atom stereocenters. The summed E-state index contributed by atoms with van der Waals surface area (Å²) in [5.41, 5.74) is 6.79. The quantitative estimate of drug-likeness (QED) is 0.645. The van der Waals surface area contributed by atoms with E-state index in [1.165, 1.54) is 5.56 Å². The van der Waals surface area contributed by atoms with Crippen LogP contribution in [0.4, 0.5) is 0 Å². The molecule has 1 aliphatic heterocycles. The Labute approximate surface area is 115 Å². The van der Waals surface area contributed by atoms with Crippen molar-refractivity contribution in [3.63, 3.8) is 0 Å². The Morgan fingerprint density at radius 3 is 2.58 bits per heavy atom. The van der Waals surface area contributed by atoms with Gasteiger partial charge >= 0.3 is 0 Å². The van der Waals surface area contributed by atoms with Crippen molar-refractivity contribution >= 4 is 5.84 Å². The topological polar surface area (TPSA) is 62.3 Å². The van der Waals surface area contributed by atoms with Crippen LogP contribution < -0.4 is 10.5 Å². The predicted octanol–water partition coefficient (Wildman–Crippen LogP) is 2.23. The number of rotatable bonds is 4. The smallest absolute Gasteiger partial charge is 0.123 e. The van der Waals surface area contributed by atoms with Crippen LogP contribution in [0, 0.1) is 10.8 Å². The molecule has 0 aliphatic carbocycles. The van der Waals surface area contributed by atoms with E-state index in [4.69, 9.17) is 15.9 Å². The van der Waals surface area contributed by atoms with Crippen molar-refractivity contribution in [2.24, 2.45) is 11.1 Å². The van der Waals surface area contributed by atoms with Gasteiger partial charge < -0.3 is 10.5 Å². The van der Waals surface area contributed by atoms with Gasteiger partial charge in [0.2, 0.25) is 0 Å². The van der Waals surface area contributed by atoms with Gasteiger partial charge in [-0.15, -0.1) is 0 Å². The van der Waals surface area contributed by atoms with Crippen molar-refractivity contribution in [2.45, 2.75) is 26.3 Å². The summed E-state index contributed by atoms with van der Waals surface area (Å²) in [7, 11) is 1.71. The molecular formula is C15H23N3O. The summed E-state index contributed by atoms with van der Waals surface area (Å²) in [6, 6.07) is 8.14. The lowest BCUT2D eigenvalue weighted by Crippen LogP contribution is -2.44. The first-order valence-corrected chi connectivity index (χ1v) is 6.74. The predicted molar refractivity (Wildman–Crippen MR) is 77.5 cm³/mol. The third kappa shape index (κ3) is 3.07. The van der Waals surface area contributed by atoms with Crippen molar-refractivity contribution < 1.29 is 4.74 Å². The van der Waals surface area contributed by atoms with E-state index >= 15 is 0 Å². The van der Waals surface area contributed by atoms with E-state index in [1.807, 2.05) is 18.2 Å². The van der Waals surface area contributed by atoms with Gasteiger partial charge in [0.15, 0.2) is 0 Å². The van der Waals surface area contributed by atoms with Crippen molar-refractivity contribution in [3.05, 3.63) is 29.8 Å². The second-order valence-electron chi connectivity index (χ2n) is 5.56. The number of nitrogens with two attached hydrogens (primary N) is 1. The van der Waals surface area contributed by atoms with Crippen molar-refractivity contribution in [2.75, 3.05) is 20.2 Å². The first kappa shape index (κ1) is 13.9. The fourth-order valence-corrected chi connectivity index (χ4v) is 2.55. The molecule has 0 amide bonds. The van der Waals surface area contributed by atoms with Gasteiger partial charge in [-0.3, -0.25) is 10.3 Å². The second-order valence-corrected chi connectivity index (χ2v) is 5.56. The minimum atomic E-state index is -0.114. The molecule has 19 heavy (non-hydrogen) atoms. The number of ether oxygens (including phenoxy) is 1. The van der Waals surface area contributed by atoms with Crippen LogP contribution in [-0.2, 0) is 6.54 Å². The molecule has 0 aromatic heterocycles. The van der Waals surface area contributed by atoms with Gasteiger partial charge in [-0.2, -0.15) is 0 Å². The van der Waals surface area contributed by atoms with Crippen LogP contribution >= 0.6 is 0 Å². The zero-order valence-electron chi connectivity index (χ0n) is 11.8. The summed E-state index contributed by atoms with van der Waals surface area (Å²) in [6.07, 6.45) is 1.91. The van der Waals surface area contributed by atoms with Crippen LogP contribution in [0.1, 0.15) is 25.3 Å². The number of benzene rings is 1. The first-order chi connectivity index (χ1) is 9.05. The highest BCUT2D eigenvalue weighted by atomic mass is 16.5. The standard InChI is InChI=1S/C15H23N3O/c1-15(14(16)17)7-9-18(10-8-15)11-12-5-3-4-6-13(12)19-2/h3-6H,7-11H2,1-2H3,(H3,16,17). The lowest BCUT2D eigenvalue weighted by molar-refractivity contribution is 0.154. The Bertz CT molecular complexity index is 450. The molecule has 1 aromatic carbocycles. The zero-order chi connectivity index (χ0) is 13.9. The molecule has 1 aromatic rings. The highest BCUT2D eigenvalue weighted by Gasteiger charge is 2.32. The summed E-state index contributed by atoms with van der Waals surface area (Å²) in [5, 5.41) is 7.68. The Balaban J connectivity index is 1.98. The van der Waals surface area contributed by atoms with E-state index in [0.29, 0.717) is 5.84 Å². The van der Waals surface area contributed by atoms with Gasteiger partial charge in [0.25, 0.3) is 0 Å². The summed E-state index contributed by atoms with van der Waals surface area (Å²) in [4.78, 5) is 2.41. The fourth-order valence-electron chi connectivity index (χ4n) is 2.55. The molecule has 0 bridgehead atoms. The van der Waals surface area contributed by atoms with E-state index < -0.39 is 0 Å². The van der Waals surface area contributed by atoms with E-state index in [-0.39, 0.29) is 5.41 Å². The van der Waals surface area contributed by atoms with E-state index in [0.717, 1.165) is 38.2 Å². The number of amidine groups is 1. The van der Waals surface area contributed by atoms with Crippen molar-refractivity contribution in [1.82, 2.24) is 4.90 Å². The lowest BCUT2D eigenvalue weighted by atomic mass is 9.79. The second kappa shape index (κ2) is 5.61. The molecule has 1 aliphatic rings. The van der Waals surface area contributed by atoms with E-state index in [9.17, 15) is 0 Å². The Morgan fingerprint density at radius 2 is 2.00 bits per heavy atom. The van der Waals surface area contributed by atoms with Gasteiger partial charge in [-0.1, -0.05) is 25.1 Å². The largest absolute Gasteiger partial charge is 0.496 e. The molecule has 0 atom stereocenters. The van der Waals surface area contributed by atoms with Gasteiger partial charge in [-0.25, -0.2) is 0 Å². The van der Waals surface area contributed by atoms with Gasteiger partial charge in [0.05, 0.1) is 12.9 Å². The van der Waals surface area contributed by atoms with Gasteiger partial charge in [-0.05, 0) is 32.0 Å². The number of hydrogen-bond acceptors (Lipinski definition) is 3. The molecule has 1 fully saturated rings. The Kier molecular flexibility index (Phi) is 4.10. The van der Waals surface area contributed by atoms with Crippen LogP contribution in [-0.4, -0.2) is 30.9 Å². The third-order valence-electron chi connectivity index (χ3n) is 4.20. The molecule has 0 spiro atoms. The van der Waals surface area contributed by atoms with Gasteiger partial charge in [0.1, 0.15) is 5.75 Å². The average Bonchev–Trinajstić information content (AvgIpc) is 2.42. The number of likely N-dealkylation sites (tertiary alicyclic amines) is 1. The summed E-state index contributed by atoms with van der Waals surface area (Å²) < 4.78 is 5.39. The fraction of sp³-hybridized carbons (Fsp3) is 0.533. The molecule has 1 heterocycles. The molecular weight excluding hydrogens is 238 g/mol. The number of methoxy groups -OCH3 is 1. The zero-order valence-corrected chi connectivity index (χ0v) is 11.8. The summed E-state index contributed by atoms with van der Waals surface area (Å²) >= 11 is 0. The molecule has 2 rings (SSSR count). The van der Waals surface area contributed by atoms with Crippen molar-refractivity contribution in [3.8, 4) is 5.75 Å². The molecule has 4 heteroatoms. The highest BCUT2D eigenvalue weighted by Crippen LogP contribution is 2.31. The van der Waals surface area contributed by atoms with E-state index in [2.05, 4.69) is 17.9 Å². The Morgan fingerprint density at radius 1 is 1.37 bits per heavy atom. The van der Waals surface area contributed by atoms with Crippen LogP contribution in [0.5, 0.6) is 5.75 Å². The number of para-hydroxylation sites is 1. The maximum Gasteiger partial charge on any atom is 0.123 e. The van der Waals surface area contributed by atoms with Crippen molar-refractivity contribution in [1.29, 1.82) is 5.41 Å². The number of piperidine rings is 1. The minimum absolute atomic E-state index is 0.114. The SMILES string of the molecule is COc1ccccc1CN1CCC(C)(C(=N)N)CC1. The molecule has 104 valence electrons. The summed E-state index contributed by atoms with van der Waals surface area (Å²) in [5.74, 6) is 1.27.